The van der Waals surface area contributed by atoms with Crippen LogP contribution in [0.3, 0.4) is 0 Å². The summed E-state index contributed by atoms with van der Waals surface area (Å²) in [6.07, 6.45) is 1.84. The van der Waals surface area contributed by atoms with Crippen molar-refractivity contribution in [2.75, 3.05) is 4.90 Å². The number of anilines is 1. The first-order chi connectivity index (χ1) is 13.5. The largest absolute Gasteiger partial charge is 0.351 e. The molecule has 0 radical (unpaired) electrons. The summed E-state index contributed by atoms with van der Waals surface area (Å²) < 4.78 is 3.41. The van der Waals surface area contributed by atoms with Crippen LogP contribution in [-0.4, -0.2) is 14.7 Å². The zero-order chi connectivity index (χ0) is 19.8. The van der Waals surface area contributed by atoms with Gasteiger partial charge in [0, 0.05) is 34.3 Å². The fourth-order valence-corrected chi connectivity index (χ4v) is 4.77. The van der Waals surface area contributed by atoms with Gasteiger partial charge in [-0.25, -0.2) is 0 Å². The number of nitrogens with zero attached hydrogens (tertiary/aromatic N) is 3. The quantitative estimate of drug-likeness (QED) is 0.530. The lowest BCUT2D eigenvalue weighted by Gasteiger charge is -2.28. The van der Waals surface area contributed by atoms with Crippen molar-refractivity contribution in [2.24, 2.45) is 0 Å². The van der Waals surface area contributed by atoms with Crippen LogP contribution in [0.25, 0.3) is 0 Å². The standard InChI is InChI=1S/C22H23BrN4S/c1-4-26-14(2)13-18(15(26)3)21-20(19-7-5-6-12-24-19)25-22(28)27(21)17-10-8-16(23)9-11-17/h5-13,20-21H,4H2,1-3H3,(H,25,28). The van der Waals surface area contributed by atoms with E-state index in [4.69, 9.17) is 12.2 Å². The van der Waals surface area contributed by atoms with Gasteiger partial charge in [0.25, 0.3) is 0 Å². The van der Waals surface area contributed by atoms with Gasteiger partial charge in [0.1, 0.15) is 0 Å². The van der Waals surface area contributed by atoms with E-state index < -0.39 is 0 Å². The van der Waals surface area contributed by atoms with Crippen LogP contribution in [0.4, 0.5) is 5.69 Å². The number of halogens is 1. The number of pyridine rings is 1. The minimum atomic E-state index is -0.0110. The number of aromatic nitrogens is 2. The Morgan fingerprint density at radius 3 is 2.50 bits per heavy atom. The molecule has 144 valence electrons. The van der Waals surface area contributed by atoms with Crippen LogP contribution in [-0.2, 0) is 6.54 Å². The molecule has 0 aliphatic carbocycles. The highest BCUT2D eigenvalue weighted by Crippen LogP contribution is 2.43. The van der Waals surface area contributed by atoms with Crippen molar-refractivity contribution >= 4 is 38.9 Å². The molecule has 1 aliphatic heterocycles. The number of thiocarbonyl (C=S) groups is 1. The van der Waals surface area contributed by atoms with Gasteiger partial charge in [-0.05, 0) is 81.0 Å². The summed E-state index contributed by atoms with van der Waals surface area (Å²) >= 11 is 9.32. The second-order valence-corrected chi connectivity index (χ2v) is 8.35. The summed E-state index contributed by atoms with van der Waals surface area (Å²) in [5.74, 6) is 0. The number of hydrogen-bond donors (Lipinski definition) is 1. The van der Waals surface area contributed by atoms with Crippen molar-refractivity contribution in [3.8, 4) is 0 Å². The summed E-state index contributed by atoms with van der Waals surface area (Å²) in [5.41, 5.74) is 5.90. The van der Waals surface area contributed by atoms with Crippen molar-refractivity contribution in [2.45, 2.75) is 39.4 Å². The lowest BCUT2D eigenvalue weighted by molar-refractivity contribution is 0.563. The van der Waals surface area contributed by atoms with Crippen LogP contribution < -0.4 is 10.2 Å². The first-order valence-corrected chi connectivity index (χ1v) is 10.6. The third-order valence-electron chi connectivity index (χ3n) is 5.45. The molecule has 2 atom stereocenters. The maximum absolute atomic E-state index is 5.79. The van der Waals surface area contributed by atoms with E-state index in [1.54, 1.807) is 0 Å². The van der Waals surface area contributed by atoms with Gasteiger partial charge in [-0.15, -0.1) is 0 Å². The first kappa shape index (κ1) is 19.2. The van der Waals surface area contributed by atoms with E-state index in [2.05, 4.69) is 92.9 Å². The molecule has 1 aromatic carbocycles. The second-order valence-electron chi connectivity index (χ2n) is 7.04. The molecule has 2 unspecified atom stereocenters. The zero-order valence-electron chi connectivity index (χ0n) is 16.2. The van der Waals surface area contributed by atoms with E-state index >= 15 is 0 Å². The van der Waals surface area contributed by atoms with Crippen molar-refractivity contribution in [1.29, 1.82) is 0 Å². The van der Waals surface area contributed by atoms with Crippen LogP contribution in [0.1, 0.15) is 41.7 Å². The number of nitrogens with one attached hydrogen (secondary N) is 1. The van der Waals surface area contributed by atoms with Crippen LogP contribution >= 0.6 is 28.1 Å². The maximum atomic E-state index is 5.79. The lowest BCUT2D eigenvalue weighted by atomic mass is 9.96. The van der Waals surface area contributed by atoms with Gasteiger partial charge < -0.3 is 14.8 Å². The Labute approximate surface area is 179 Å². The van der Waals surface area contributed by atoms with Gasteiger partial charge in [-0.3, -0.25) is 4.98 Å². The van der Waals surface area contributed by atoms with Crippen LogP contribution in [0.15, 0.2) is 59.2 Å². The SMILES string of the molecule is CCn1c(C)cc(C2C(c3ccccn3)NC(=S)N2c2ccc(Br)cc2)c1C. The molecule has 4 rings (SSSR count). The van der Waals surface area contributed by atoms with Crippen molar-refractivity contribution < 1.29 is 0 Å². The molecule has 28 heavy (non-hydrogen) atoms. The summed E-state index contributed by atoms with van der Waals surface area (Å²) in [7, 11) is 0. The average Bonchev–Trinajstić information content (AvgIpc) is 3.18. The van der Waals surface area contributed by atoms with Crippen molar-refractivity contribution in [1.82, 2.24) is 14.9 Å². The van der Waals surface area contributed by atoms with Gasteiger partial charge in [0.15, 0.2) is 5.11 Å². The summed E-state index contributed by atoms with van der Waals surface area (Å²) in [6.45, 7) is 7.50. The number of rotatable bonds is 4. The highest BCUT2D eigenvalue weighted by atomic mass is 79.9. The summed E-state index contributed by atoms with van der Waals surface area (Å²) in [6, 6.07) is 16.7. The number of benzene rings is 1. The highest BCUT2D eigenvalue weighted by Gasteiger charge is 2.42. The normalized spacial score (nSPS) is 19.1. The molecule has 1 N–H and O–H groups in total. The Bertz CT molecular complexity index is 997. The Balaban J connectivity index is 1.88. The van der Waals surface area contributed by atoms with Gasteiger partial charge >= 0.3 is 0 Å². The van der Waals surface area contributed by atoms with Crippen molar-refractivity contribution in [3.63, 3.8) is 0 Å². The molecule has 4 nitrogen and oxygen atoms in total. The maximum Gasteiger partial charge on any atom is 0.174 e. The predicted octanol–water partition coefficient (Wildman–Crippen LogP) is 5.46. The number of hydrogen-bond acceptors (Lipinski definition) is 2. The molecule has 1 aliphatic rings. The minimum absolute atomic E-state index is 0.0110. The molecule has 6 heteroatoms. The van der Waals surface area contributed by atoms with E-state index in [-0.39, 0.29) is 12.1 Å². The topological polar surface area (TPSA) is 33.1 Å². The van der Waals surface area contributed by atoms with Gasteiger partial charge in [0.05, 0.1) is 17.8 Å². The molecule has 0 amide bonds. The van der Waals surface area contributed by atoms with Gasteiger partial charge in [-0.1, -0.05) is 22.0 Å². The molecular formula is C22H23BrN4S. The summed E-state index contributed by atoms with van der Waals surface area (Å²) in [5, 5.41) is 4.26. The average molecular weight is 455 g/mol. The molecule has 3 aromatic rings. The van der Waals surface area contributed by atoms with E-state index in [0.29, 0.717) is 0 Å². The molecule has 0 saturated carbocycles. The molecule has 3 heterocycles. The molecule has 0 spiro atoms. The van der Waals surface area contributed by atoms with Gasteiger partial charge in [0.2, 0.25) is 0 Å². The Morgan fingerprint density at radius 1 is 1.14 bits per heavy atom. The molecule has 1 saturated heterocycles. The fraction of sp³-hybridized carbons (Fsp3) is 0.273. The van der Waals surface area contributed by atoms with Crippen LogP contribution in [0.5, 0.6) is 0 Å². The van der Waals surface area contributed by atoms with E-state index in [1.165, 1.54) is 17.0 Å². The van der Waals surface area contributed by atoms with Gasteiger partial charge in [-0.2, -0.15) is 0 Å². The Morgan fingerprint density at radius 2 is 1.89 bits per heavy atom. The van der Waals surface area contributed by atoms with E-state index in [1.807, 2.05) is 18.3 Å². The van der Waals surface area contributed by atoms with Crippen molar-refractivity contribution in [3.05, 3.63) is 81.8 Å². The summed E-state index contributed by atoms with van der Waals surface area (Å²) in [4.78, 5) is 6.85. The Hall–Kier alpha value is -2.18. The Kier molecular flexibility index (Phi) is 5.25. The van der Waals surface area contributed by atoms with E-state index in [0.717, 1.165) is 27.5 Å². The highest BCUT2D eigenvalue weighted by molar-refractivity contribution is 9.10. The minimum Gasteiger partial charge on any atom is -0.351 e. The molecule has 1 fully saturated rings. The number of aryl methyl sites for hydroxylation is 1. The van der Waals surface area contributed by atoms with E-state index in [9.17, 15) is 0 Å². The molecular weight excluding hydrogens is 432 g/mol. The third kappa shape index (κ3) is 3.25. The van der Waals surface area contributed by atoms with Crippen LogP contribution in [0.2, 0.25) is 0 Å². The lowest BCUT2D eigenvalue weighted by Crippen LogP contribution is -2.29. The predicted molar refractivity (Wildman–Crippen MR) is 122 cm³/mol. The van der Waals surface area contributed by atoms with Crippen LogP contribution in [0, 0.1) is 13.8 Å². The molecule has 0 bridgehead atoms. The smallest absolute Gasteiger partial charge is 0.174 e. The zero-order valence-corrected chi connectivity index (χ0v) is 18.6. The molecule has 2 aromatic heterocycles. The first-order valence-electron chi connectivity index (χ1n) is 9.44. The second kappa shape index (κ2) is 7.68. The fourth-order valence-electron chi connectivity index (χ4n) is 4.16. The monoisotopic (exact) mass is 454 g/mol. The third-order valence-corrected chi connectivity index (χ3v) is 6.29.